The van der Waals surface area contributed by atoms with Crippen molar-refractivity contribution in [3.05, 3.63) is 31.4 Å². The fraction of sp³-hybridized carbons (Fsp3) is 0.286. The van der Waals surface area contributed by atoms with Gasteiger partial charge in [0.05, 0.1) is 0 Å². The minimum atomic E-state index is 0. The molecule has 0 saturated heterocycles. The smallest absolute Gasteiger partial charge is 0.435 e. The van der Waals surface area contributed by atoms with Crippen LogP contribution in [0.5, 0.6) is 0 Å². The summed E-state index contributed by atoms with van der Waals surface area (Å²) in [4.78, 5) is 1.93. The van der Waals surface area contributed by atoms with E-state index in [1.165, 1.54) is 0 Å². The van der Waals surface area contributed by atoms with Crippen LogP contribution in [0.25, 0.3) is 0 Å². The van der Waals surface area contributed by atoms with Gasteiger partial charge in [0.25, 0.3) is 0 Å². The van der Waals surface area contributed by atoms with E-state index in [4.69, 9.17) is 0 Å². The summed E-state index contributed by atoms with van der Waals surface area (Å²) in [5.74, 6) is 0. The molecule has 0 N–H and O–H groups in total. The van der Waals surface area contributed by atoms with Gasteiger partial charge >= 0.3 is 58.2 Å². The van der Waals surface area contributed by atoms with Crippen LogP contribution in [0.2, 0.25) is 0 Å². The topological polar surface area (TPSA) is 3.24 Å². The molecule has 0 aliphatic carbocycles. The molecular formula is C7H12NRb. The summed E-state index contributed by atoms with van der Waals surface area (Å²) < 4.78 is 0. The average molecular weight is 196 g/mol. The Morgan fingerprint density at radius 2 is 2.00 bits per heavy atom. The van der Waals surface area contributed by atoms with E-state index in [-0.39, 0.29) is 58.2 Å². The molecule has 0 unspecified atom stereocenters. The zero-order valence-electron chi connectivity index (χ0n) is 6.52. The van der Waals surface area contributed by atoms with Gasteiger partial charge < -0.3 is 4.90 Å². The average Bonchev–Trinajstić information content (AvgIpc) is 1.65. The van der Waals surface area contributed by atoms with Gasteiger partial charge in [-0.05, 0) is 14.1 Å². The number of rotatable bonds is 2. The molecule has 0 saturated carbocycles. The molecule has 0 radical (unpaired) electrons. The molecule has 0 bridgehead atoms. The van der Waals surface area contributed by atoms with Crippen LogP contribution in [0.4, 0.5) is 0 Å². The summed E-state index contributed by atoms with van der Waals surface area (Å²) >= 11 is 0. The van der Waals surface area contributed by atoms with Gasteiger partial charge in [0, 0.05) is 0 Å². The van der Waals surface area contributed by atoms with Crippen molar-refractivity contribution in [1.82, 2.24) is 4.90 Å². The molecule has 0 aliphatic heterocycles. The van der Waals surface area contributed by atoms with Crippen LogP contribution in [-0.4, -0.2) is 19.0 Å². The Kier molecular flexibility index (Phi) is 9.91. The third kappa shape index (κ3) is 8.96. The third-order valence-electron chi connectivity index (χ3n) is 0.686. The van der Waals surface area contributed by atoms with E-state index in [9.17, 15) is 0 Å². The summed E-state index contributed by atoms with van der Waals surface area (Å²) in [6.07, 6.45) is 3.63. The van der Waals surface area contributed by atoms with E-state index in [1.54, 1.807) is 6.08 Å². The van der Waals surface area contributed by atoms with Crippen LogP contribution in [0.15, 0.2) is 24.4 Å². The Bertz CT molecular complexity index is 105. The van der Waals surface area contributed by atoms with Gasteiger partial charge in [0.2, 0.25) is 0 Å². The van der Waals surface area contributed by atoms with Crippen molar-refractivity contribution in [3.8, 4) is 0 Å². The molecule has 1 nitrogen and oxygen atoms in total. The second-order valence-electron chi connectivity index (χ2n) is 1.87. The Morgan fingerprint density at radius 3 is 2.11 bits per heavy atom. The predicted octanol–water partition coefficient (Wildman–Crippen LogP) is -1.54. The fourth-order valence-electron chi connectivity index (χ4n) is 0.384. The van der Waals surface area contributed by atoms with Crippen molar-refractivity contribution in [2.24, 2.45) is 0 Å². The van der Waals surface area contributed by atoms with Gasteiger partial charge in [0.15, 0.2) is 0 Å². The minimum Gasteiger partial charge on any atom is -0.435 e. The van der Waals surface area contributed by atoms with E-state index in [0.717, 1.165) is 5.57 Å². The third-order valence-corrected chi connectivity index (χ3v) is 0.686. The molecule has 0 aromatic heterocycles. The van der Waals surface area contributed by atoms with Gasteiger partial charge in [-0.3, -0.25) is 0 Å². The second-order valence-corrected chi connectivity index (χ2v) is 1.87. The molecule has 0 heterocycles. The van der Waals surface area contributed by atoms with Gasteiger partial charge in [0.1, 0.15) is 0 Å². The molecule has 0 atom stereocenters. The Labute approximate surface area is 107 Å². The molecular weight excluding hydrogens is 184 g/mol. The van der Waals surface area contributed by atoms with Crippen molar-refractivity contribution in [2.75, 3.05) is 14.1 Å². The van der Waals surface area contributed by atoms with E-state index in [0.29, 0.717) is 0 Å². The number of hydrogen-bond donors (Lipinski definition) is 0. The van der Waals surface area contributed by atoms with E-state index < -0.39 is 0 Å². The van der Waals surface area contributed by atoms with Crippen LogP contribution in [0.3, 0.4) is 0 Å². The number of allylic oxidation sites excluding steroid dienone is 2. The van der Waals surface area contributed by atoms with Crippen molar-refractivity contribution >= 4 is 0 Å². The number of hydrogen-bond acceptors (Lipinski definition) is 1. The maximum absolute atomic E-state index is 3.70. The van der Waals surface area contributed by atoms with E-state index in [2.05, 4.69) is 13.5 Å². The molecule has 9 heavy (non-hydrogen) atoms. The van der Waals surface area contributed by atoms with Gasteiger partial charge in [-0.1, -0.05) is 0 Å². The van der Waals surface area contributed by atoms with Gasteiger partial charge in [-0.2, -0.15) is 25.2 Å². The summed E-state index contributed by atoms with van der Waals surface area (Å²) in [6.45, 7) is 7.25. The fourth-order valence-corrected chi connectivity index (χ4v) is 0.384. The van der Waals surface area contributed by atoms with Crippen LogP contribution in [0, 0.1) is 6.92 Å². The molecule has 2 heteroatoms. The first-order chi connectivity index (χ1) is 3.66. The van der Waals surface area contributed by atoms with E-state index >= 15 is 0 Å². The predicted molar refractivity (Wildman–Crippen MR) is 37.3 cm³/mol. The Hall–Kier alpha value is 0.955. The maximum atomic E-state index is 3.70. The van der Waals surface area contributed by atoms with Crippen molar-refractivity contribution in [1.29, 1.82) is 0 Å². The SMILES string of the molecule is C=C/C([CH2-])=C\N(C)C.[Rb+]. The molecule has 0 aliphatic rings. The molecule has 46 valence electrons. The zero-order valence-corrected chi connectivity index (χ0v) is 11.4. The number of nitrogens with zero attached hydrogens (tertiary/aromatic N) is 1. The van der Waals surface area contributed by atoms with Crippen molar-refractivity contribution < 1.29 is 58.2 Å². The molecule has 0 amide bonds. The Balaban J connectivity index is 0. The molecule has 0 aromatic carbocycles. The quantitative estimate of drug-likeness (QED) is 0.381. The standard InChI is InChI=1S/C7H12N.Rb/c1-5-7(2)6-8(3)4;/h5-6H,1-2H2,3-4H3;/q-1;+1/b7-6-;. The van der Waals surface area contributed by atoms with Crippen LogP contribution in [-0.2, 0) is 0 Å². The molecule has 0 rings (SSSR count). The van der Waals surface area contributed by atoms with Crippen molar-refractivity contribution in [2.45, 2.75) is 0 Å². The largest absolute Gasteiger partial charge is 1.00 e. The first-order valence-corrected chi connectivity index (χ1v) is 2.49. The first kappa shape index (κ1) is 12.6. The normalized spacial score (nSPS) is 9.78. The summed E-state index contributed by atoms with van der Waals surface area (Å²) in [7, 11) is 3.91. The molecule has 0 aromatic rings. The Morgan fingerprint density at radius 1 is 1.56 bits per heavy atom. The first-order valence-electron chi connectivity index (χ1n) is 2.49. The molecule has 0 spiro atoms. The van der Waals surface area contributed by atoms with Crippen LogP contribution < -0.4 is 58.2 Å². The van der Waals surface area contributed by atoms with Crippen molar-refractivity contribution in [3.63, 3.8) is 0 Å². The monoisotopic (exact) mass is 195 g/mol. The zero-order chi connectivity index (χ0) is 6.57. The van der Waals surface area contributed by atoms with Crippen LogP contribution in [0.1, 0.15) is 0 Å². The molecule has 0 fully saturated rings. The summed E-state index contributed by atoms with van der Waals surface area (Å²) in [5, 5.41) is 0. The van der Waals surface area contributed by atoms with Crippen LogP contribution >= 0.6 is 0 Å². The minimum absolute atomic E-state index is 0. The second kappa shape index (κ2) is 7.07. The van der Waals surface area contributed by atoms with Gasteiger partial charge in [-0.25, -0.2) is 0 Å². The maximum Gasteiger partial charge on any atom is 1.00 e. The van der Waals surface area contributed by atoms with Gasteiger partial charge in [-0.15, -0.1) is 6.20 Å². The van der Waals surface area contributed by atoms with E-state index in [1.807, 2.05) is 25.2 Å². The summed E-state index contributed by atoms with van der Waals surface area (Å²) in [6, 6.07) is 0. The summed E-state index contributed by atoms with van der Waals surface area (Å²) in [5.41, 5.74) is 0.940.